The SMILES string of the molecule is COc1cccc(Cn2ccc(C(=O)O)cc2=O)c1F. The summed E-state index contributed by atoms with van der Waals surface area (Å²) < 4.78 is 20.1. The number of ether oxygens (including phenoxy) is 1. The molecule has 0 amide bonds. The average Bonchev–Trinajstić information content (AvgIpc) is 2.43. The third-order valence-electron chi connectivity index (χ3n) is 2.85. The number of aromatic carboxylic acids is 1. The van der Waals surface area contributed by atoms with E-state index in [2.05, 4.69) is 0 Å². The number of methoxy groups -OCH3 is 1. The van der Waals surface area contributed by atoms with E-state index in [0.29, 0.717) is 0 Å². The van der Waals surface area contributed by atoms with Gasteiger partial charge in [0.05, 0.1) is 19.2 Å². The van der Waals surface area contributed by atoms with Crippen LogP contribution >= 0.6 is 0 Å². The zero-order valence-corrected chi connectivity index (χ0v) is 10.7. The summed E-state index contributed by atoms with van der Waals surface area (Å²) in [5.41, 5.74) is -0.320. The topological polar surface area (TPSA) is 68.5 Å². The standard InChI is InChI=1S/C14H12FNO4/c1-20-11-4-2-3-10(13(11)15)8-16-6-5-9(14(18)19)7-12(16)17/h2-7H,8H2,1H3,(H,18,19). The zero-order chi connectivity index (χ0) is 14.7. The number of carbonyl (C=O) groups is 1. The minimum atomic E-state index is -1.18. The Labute approximate surface area is 113 Å². The lowest BCUT2D eigenvalue weighted by Crippen LogP contribution is -2.21. The van der Waals surface area contributed by atoms with Crippen molar-refractivity contribution < 1.29 is 19.0 Å². The third-order valence-corrected chi connectivity index (χ3v) is 2.85. The summed E-state index contributed by atoms with van der Waals surface area (Å²) in [4.78, 5) is 22.5. The summed E-state index contributed by atoms with van der Waals surface area (Å²) in [5.74, 6) is -1.62. The molecule has 0 aliphatic rings. The fourth-order valence-electron chi connectivity index (χ4n) is 1.79. The molecule has 5 nitrogen and oxygen atoms in total. The number of nitrogens with zero attached hydrogens (tertiary/aromatic N) is 1. The molecule has 0 aliphatic carbocycles. The summed E-state index contributed by atoms with van der Waals surface area (Å²) >= 11 is 0. The van der Waals surface area contributed by atoms with Gasteiger partial charge in [0.1, 0.15) is 0 Å². The number of carboxylic acid groups (broad SMARTS) is 1. The van der Waals surface area contributed by atoms with Crippen LogP contribution in [0.3, 0.4) is 0 Å². The highest BCUT2D eigenvalue weighted by Gasteiger charge is 2.10. The van der Waals surface area contributed by atoms with Crippen molar-refractivity contribution in [2.45, 2.75) is 6.54 Å². The summed E-state index contributed by atoms with van der Waals surface area (Å²) in [6.07, 6.45) is 1.32. The summed E-state index contributed by atoms with van der Waals surface area (Å²) in [6, 6.07) is 6.93. The molecule has 6 heteroatoms. The van der Waals surface area contributed by atoms with E-state index in [9.17, 15) is 14.0 Å². The van der Waals surface area contributed by atoms with E-state index in [-0.39, 0.29) is 23.4 Å². The van der Waals surface area contributed by atoms with Gasteiger partial charge in [0.2, 0.25) is 0 Å². The Morgan fingerprint density at radius 3 is 2.75 bits per heavy atom. The van der Waals surface area contributed by atoms with E-state index in [1.54, 1.807) is 6.07 Å². The molecule has 20 heavy (non-hydrogen) atoms. The van der Waals surface area contributed by atoms with Crippen molar-refractivity contribution in [3.63, 3.8) is 0 Å². The van der Waals surface area contributed by atoms with Crippen molar-refractivity contribution in [3.05, 3.63) is 63.8 Å². The van der Waals surface area contributed by atoms with Gasteiger partial charge in [0, 0.05) is 17.8 Å². The molecule has 0 bridgehead atoms. The van der Waals surface area contributed by atoms with Crippen LogP contribution in [0.4, 0.5) is 4.39 Å². The first kappa shape index (κ1) is 13.8. The molecule has 0 aliphatic heterocycles. The second kappa shape index (κ2) is 5.56. The molecule has 0 radical (unpaired) electrons. The first-order valence-corrected chi connectivity index (χ1v) is 5.78. The molecule has 104 valence electrons. The van der Waals surface area contributed by atoms with Crippen LogP contribution in [0.1, 0.15) is 15.9 Å². The largest absolute Gasteiger partial charge is 0.494 e. The number of aromatic nitrogens is 1. The zero-order valence-electron chi connectivity index (χ0n) is 10.7. The number of hydrogen-bond acceptors (Lipinski definition) is 3. The van der Waals surface area contributed by atoms with Crippen molar-refractivity contribution in [1.29, 1.82) is 0 Å². The van der Waals surface area contributed by atoms with Gasteiger partial charge >= 0.3 is 5.97 Å². The van der Waals surface area contributed by atoms with Crippen molar-refractivity contribution in [2.75, 3.05) is 7.11 Å². The van der Waals surface area contributed by atoms with Crippen LogP contribution in [-0.2, 0) is 6.54 Å². The predicted octanol–water partition coefficient (Wildman–Crippen LogP) is 1.74. The van der Waals surface area contributed by atoms with Crippen LogP contribution in [0, 0.1) is 5.82 Å². The predicted molar refractivity (Wildman–Crippen MR) is 69.7 cm³/mol. The highest BCUT2D eigenvalue weighted by molar-refractivity contribution is 5.87. The molecule has 0 spiro atoms. The van der Waals surface area contributed by atoms with Crippen molar-refractivity contribution in [2.24, 2.45) is 0 Å². The number of halogens is 1. The Bertz CT molecular complexity index is 709. The van der Waals surface area contributed by atoms with Gasteiger partial charge in [-0.25, -0.2) is 9.18 Å². The summed E-state index contributed by atoms with van der Waals surface area (Å²) in [6.45, 7) is 0.00175. The fourth-order valence-corrected chi connectivity index (χ4v) is 1.79. The number of pyridine rings is 1. The molecule has 0 fully saturated rings. The van der Waals surface area contributed by atoms with Gasteiger partial charge in [-0.15, -0.1) is 0 Å². The first-order valence-electron chi connectivity index (χ1n) is 5.78. The van der Waals surface area contributed by atoms with E-state index in [4.69, 9.17) is 9.84 Å². The number of carboxylic acids is 1. The Morgan fingerprint density at radius 2 is 2.15 bits per heavy atom. The maximum Gasteiger partial charge on any atom is 0.335 e. The second-order valence-corrected chi connectivity index (χ2v) is 4.12. The highest BCUT2D eigenvalue weighted by atomic mass is 19.1. The molecule has 2 rings (SSSR count). The Kier molecular flexibility index (Phi) is 3.84. The van der Waals surface area contributed by atoms with Crippen LogP contribution in [0.5, 0.6) is 5.75 Å². The average molecular weight is 277 g/mol. The summed E-state index contributed by atoms with van der Waals surface area (Å²) in [7, 11) is 1.36. The fraction of sp³-hybridized carbons (Fsp3) is 0.143. The van der Waals surface area contributed by atoms with E-state index in [1.807, 2.05) is 0 Å². The van der Waals surface area contributed by atoms with E-state index >= 15 is 0 Å². The molecule has 1 aromatic heterocycles. The van der Waals surface area contributed by atoms with Crippen LogP contribution in [0.15, 0.2) is 41.3 Å². The molecule has 1 N–H and O–H groups in total. The van der Waals surface area contributed by atoms with Crippen LogP contribution in [0.2, 0.25) is 0 Å². The van der Waals surface area contributed by atoms with Gasteiger partial charge in [-0.3, -0.25) is 4.79 Å². The molecule has 1 aromatic carbocycles. The van der Waals surface area contributed by atoms with Crippen LogP contribution in [0.25, 0.3) is 0 Å². The monoisotopic (exact) mass is 277 g/mol. The number of rotatable bonds is 4. The number of hydrogen-bond donors (Lipinski definition) is 1. The molecule has 2 aromatic rings. The Balaban J connectivity index is 2.36. The van der Waals surface area contributed by atoms with E-state index < -0.39 is 17.3 Å². The minimum absolute atomic E-state index is 0.00175. The molecular formula is C14H12FNO4. The maximum atomic E-state index is 14.0. The molecule has 0 saturated heterocycles. The molecule has 0 unspecified atom stereocenters. The first-order chi connectivity index (χ1) is 9.52. The highest BCUT2D eigenvalue weighted by Crippen LogP contribution is 2.20. The van der Waals surface area contributed by atoms with E-state index in [1.165, 1.54) is 36.1 Å². The lowest BCUT2D eigenvalue weighted by atomic mass is 10.2. The van der Waals surface area contributed by atoms with Gasteiger partial charge in [-0.2, -0.15) is 0 Å². The van der Waals surface area contributed by atoms with Gasteiger partial charge in [0.25, 0.3) is 5.56 Å². The second-order valence-electron chi connectivity index (χ2n) is 4.12. The molecule has 1 heterocycles. The van der Waals surface area contributed by atoms with Gasteiger partial charge in [-0.05, 0) is 12.1 Å². The Morgan fingerprint density at radius 1 is 1.40 bits per heavy atom. The van der Waals surface area contributed by atoms with Crippen molar-refractivity contribution in [3.8, 4) is 5.75 Å². The van der Waals surface area contributed by atoms with E-state index in [0.717, 1.165) is 6.07 Å². The quantitative estimate of drug-likeness (QED) is 0.924. The van der Waals surface area contributed by atoms with Crippen molar-refractivity contribution in [1.82, 2.24) is 4.57 Å². The summed E-state index contributed by atoms with van der Waals surface area (Å²) in [5, 5.41) is 8.78. The lowest BCUT2D eigenvalue weighted by Gasteiger charge is -2.09. The van der Waals surface area contributed by atoms with Crippen LogP contribution in [-0.4, -0.2) is 22.8 Å². The van der Waals surface area contributed by atoms with Gasteiger partial charge < -0.3 is 14.4 Å². The molecule has 0 saturated carbocycles. The molecule has 0 atom stereocenters. The molecular weight excluding hydrogens is 265 g/mol. The lowest BCUT2D eigenvalue weighted by molar-refractivity contribution is 0.0696. The van der Waals surface area contributed by atoms with Crippen LogP contribution < -0.4 is 10.3 Å². The van der Waals surface area contributed by atoms with Gasteiger partial charge in [0.15, 0.2) is 11.6 Å². The van der Waals surface area contributed by atoms with Crippen molar-refractivity contribution >= 4 is 5.97 Å². The Hall–Kier alpha value is -2.63. The van der Waals surface area contributed by atoms with Gasteiger partial charge in [-0.1, -0.05) is 12.1 Å². The normalized spacial score (nSPS) is 10.3. The maximum absolute atomic E-state index is 14.0. The minimum Gasteiger partial charge on any atom is -0.494 e. The smallest absolute Gasteiger partial charge is 0.335 e. The number of benzene rings is 1. The third kappa shape index (κ3) is 2.69.